The molecule has 0 aliphatic carbocycles. The van der Waals surface area contributed by atoms with E-state index < -0.39 is 0 Å². The van der Waals surface area contributed by atoms with Gasteiger partial charge < -0.3 is 10.2 Å². The molecule has 0 spiro atoms. The van der Waals surface area contributed by atoms with Gasteiger partial charge in [0.05, 0.1) is 5.69 Å². The molecule has 1 aliphatic rings. The van der Waals surface area contributed by atoms with E-state index in [9.17, 15) is 0 Å². The minimum atomic E-state index is 0.538. The molecule has 1 saturated heterocycles. The fourth-order valence-electron chi connectivity index (χ4n) is 1.93. The lowest BCUT2D eigenvalue weighted by molar-refractivity contribution is 0.405. The van der Waals surface area contributed by atoms with E-state index in [1.807, 2.05) is 18.7 Å². The first-order valence-electron chi connectivity index (χ1n) is 5.55. The molecule has 2 N–H and O–H groups in total. The molecule has 3 nitrogen and oxygen atoms in total. The van der Waals surface area contributed by atoms with Crippen molar-refractivity contribution in [2.75, 3.05) is 18.1 Å². The molecule has 1 aromatic heterocycles. The number of aryl methyl sites for hydroxylation is 1. The number of aromatic nitrogens is 1. The van der Waals surface area contributed by atoms with Gasteiger partial charge in [-0.3, -0.25) is 0 Å². The predicted molar refractivity (Wildman–Crippen MR) is 63.3 cm³/mol. The van der Waals surface area contributed by atoms with Gasteiger partial charge in [0.25, 0.3) is 0 Å². The zero-order valence-corrected chi connectivity index (χ0v) is 9.98. The van der Waals surface area contributed by atoms with Gasteiger partial charge in [0.2, 0.25) is 0 Å². The molecular weight excluding hydrogens is 208 g/mol. The molecular formula is C11H18N2OS. The van der Waals surface area contributed by atoms with E-state index in [2.05, 4.69) is 4.98 Å². The van der Waals surface area contributed by atoms with Crippen molar-refractivity contribution in [2.24, 2.45) is 5.73 Å². The van der Waals surface area contributed by atoms with Gasteiger partial charge in [-0.1, -0.05) is 0 Å². The van der Waals surface area contributed by atoms with Gasteiger partial charge in [-0.2, -0.15) is 11.8 Å². The second kappa shape index (κ2) is 5.03. The molecule has 0 radical (unpaired) electrons. The van der Waals surface area contributed by atoms with Crippen LogP contribution >= 0.6 is 11.8 Å². The van der Waals surface area contributed by atoms with E-state index in [0.29, 0.717) is 12.5 Å². The number of nitrogens with two attached hydrogens (primary N) is 1. The molecule has 1 aliphatic heterocycles. The molecule has 0 bridgehead atoms. The van der Waals surface area contributed by atoms with Crippen molar-refractivity contribution in [1.82, 2.24) is 4.98 Å². The van der Waals surface area contributed by atoms with Gasteiger partial charge in [-0.15, -0.1) is 0 Å². The average Bonchev–Trinajstić information content (AvgIpc) is 2.63. The Kier molecular flexibility index (Phi) is 3.70. The lowest BCUT2D eigenvalue weighted by atomic mass is 10.0. The summed E-state index contributed by atoms with van der Waals surface area (Å²) in [7, 11) is 0. The first kappa shape index (κ1) is 11.0. The van der Waals surface area contributed by atoms with Crippen molar-refractivity contribution >= 4 is 11.8 Å². The van der Waals surface area contributed by atoms with Crippen LogP contribution in [0.4, 0.5) is 0 Å². The van der Waals surface area contributed by atoms with Crippen LogP contribution in [0.3, 0.4) is 0 Å². The Hall–Kier alpha value is -0.480. The Morgan fingerprint density at radius 3 is 2.87 bits per heavy atom. The van der Waals surface area contributed by atoms with Crippen molar-refractivity contribution in [3.63, 3.8) is 0 Å². The summed E-state index contributed by atoms with van der Waals surface area (Å²) in [5.74, 6) is 4.93. The summed E-state index contributed by atoms with van der Waals surface area (Å²) in [5, 5.41) is 0. The minimum absolute atomic E-state index is 0.538. The van der Waals surface area contributed by atoms with Gasteiger partial charge >= 0.3 is 0 Å². The zero-order chi connectivity index (χ0) is 10.7. The van der Waals surface area contributed by atoms with Gasteiger partial charge in [0.1, 0.15) is 5.76 Å². The highest BCUT2D eigenvalue weighted by molar-refractivity contribution is 7.99. The van der Waals surface area contributed by atoms with Gasteiger partial charge in [-0.05, 0) is 37.8 Å². The summed E-state index contributed by atoms with van der Waals surface area (Å²) < 4.78 is 5.79. The van der Waals surface area contributed by atoms with Crippen molar-refractivity contribution in [1.29, 1.82) is 0 Å². The fourth-order valence-corrected chi connectivity index (χ4v) is 3.04. The van der Waals surface area contributed by atoms with Crippen LogP contribution in [-0.2, 0) is 6.42 Å². The van der Waals surface area contributed by atoms with E-state index in [-0.39, 0.29) is 0 Å². The Morgan fingerprint density at radius 2 is 2.20 bits per heavy atom. The SMILES string of the molecule is Cc1nc(C2CCSCC2)oc1CCN. The van der Waals surface area contributed by atoms with E-state index in [4.69, 9.17) is 10.2 Å². The molecule has 0 amide bonds. The molecule has 1 fully saturated rings. The number of oxazole rings is 1. The third-order valence-electron chi connectivity index (χ3n) is 2.85. The van der Waals surface area contributed by atoms with Crippen LogP contribution in [0.5, 0.6) is 0 Å². The molecule has 2 heterocycles. The summed E-state index contributed by atoms with van der Waals surface area (Å²) in [4.78, 5) is 4.52. The third-order valence-corrected chi connectivity index (χ3v) is 3.90. The van der Waals surface area contributed by atoms with Crippen LogP contribution in [0, 0.1) is 6.92 Å². The van der Waals surface area contributed by atoms with Crippen molar-refractivity contribution < 1.29 is 4.42 Å². The molecule has 0 unspecified atom stereocenters. The number of rotatable bonds is 3. The highest BCUT2D eigenvalue weighted by Gasteiger charge is 2.21. The highest BCUT2D eigenvalue weighted by atomic mass is 32.2. The van der Waals surface area contributed by atoms with Crippen LogP contribution < -0.4 is 5.73 Å². The molecule has 4 heteroatoms. The van der Waals surface area contributed by atoms with Gasteiger partial charge in [-0.25, -0.2) is 4.98 Å². The zero-order valence-electron chi connectivity index (χ0n) is 9.16. The molecule has 2 rings (SSSR count). The average molecular weight is 226 g/mol. The first-order valence-corrected chi connectivity index (χ1v) is 6.70. The van der Waals surface area contributed by atoms with Gasteiger partial charge in [0.15, 0.2) is 5.89 Å². The first-order chi connectivity index (χ1) is 7.31. The minimum Gasteiger partial charge on any atom is -0.445 e. The number of hydrogen-bond donors (Lipinski definition) is 1. The maximum atomic E-state index is 5.79. The lowest BCUT2D eigenvalue weighted by Crippen LogP contribution is -2.08. The second-order valence-corrected chi connectivity index (χ2v) is 5.21. The Labute approximate surface area is 94.8 Å². The number of hydrogen-bond acceptors (Lipinski definition) is 4. The van der Waals surface area contributed by atoms with E-state index in [1.54, 1.807) is 0 Å². The smallest absolute Gasteiger partial charge is 0.197 e. The fraction of sp³-hybridized carbons (Fsp3) is 0.727. The van der Waals surface area contributed by atoms with E-state index >= 15 is 0 Å². The van der Waals surface area contributed by atoms with E-state index in [1.165, 1.54) is 24.3 Å². The molecule has 1 aromatic rings. The van der Waals surface area contributed by atoms with Crippen LogP contribution in [0.1, 0.15) is 36.1 Å². The molecule has 0 aromatic carbocycles. The highest BCUT2D eigenvalue weighted by Crippen LogP contribution is 2.31. The molecule has 15 heavy (non-hydrogen) atoms. The molecule has 84 valence electrons. The standard InChI is InChI=1S/C11H18N2OS/c1-8-10(2-5-12)14-11(13-8)9-3-6-15-7-4-9/h9H,2-7,12H2,1H3. The quantitative estimate of drug-likeness (QED) is 0.857. The Bertz CT molecular complexity index is 318. The van der Waals surface area contributed by atoms with Crippen molar-refractivity contribution in [2.45, 2.75) is 32.1 Å². The summed E-state index contributed by atoms with van der Waals surface area (Å²) in [6.07, 6.45) is 3.21. The van der Waals surface area contributed by atoms with Crippen LogP contribution in [-0.4, -0.2) is 23.0 Å². The largest absolute Gasteiger partial charge is 0.445 e. The maximum Gasteiger partial charge on any atom is 0.197 e. The topological polar surface area (TPSA) is 52.0 Å². The predicted octanol–water partition coefficient (Wildman–Crippen LogP) is 2.09. The normalized spacial score (nSPS) is 18.3. The Balaban J connectivity index is 2.10. The van der Waals surface area contributed by atoms with Crippen molar-refractivity contribution in [3.8, 4) is 0 Å². The third kappa shape index (κ3) is 2.55. The Morgan fingerprint density at radius 1 is 1.47 bits per heavy atom. The number of thioether (sulfide) groups is 1. The summed E-state index contributed by atoms with van der Waals surface area (Å²) in [5.41, 5.74) is 6.55. The van der Waals surface area contributed by atoms with Crippen molar-refractivity contribution in [3.05, 3.63) is 17.3 Å². The maximum absolute atomic E-state index is 5.79. The summed E-state index contributed by atoms with van der Waals surface area (Å²) in [6, 6.07) is 0. The van der Waals surface area contributed by atoms with Crippen LogP contribution in [0.15, 0.2) is 4.42 Å². The van der Waals surface area contributed by atoms with Gasteiger partial charge in [0, 0.05) is 12.3 Å². The van der Waals surface area contributed by atoms with Crippen LogP contribution in [0.25, 0.3) is 0 Å². The second-order valence-electron chi connectivity index (χ2n) is 3.99. The summed E-state index contributed by atoms with van der Waals surface area (Å²) >= 11 is 2.03. The van der Waals surface area contributed by atoms with Crippen LogP contribution in [0.2, 0.25) is 0 Å². The van der Waals surface area contributed by atoms with E-state index in [0.717, 1.165) is 23.8 Å². The molecule has 0 atom stereocenters. The number of nitrogens with zero attached hydrogens (tertiary/aromatic N) is 1. The lowest BCUT2D eigenvalue weighted by Gasteiger charge is -2.17. The summed E-state index contributed by atoms with van der Waals surface area (Å²) in [6.45, 7) is 2.64. The monoisotopic (exact) mass is 226 g/mol. The molecule has 0 saturated carbocycles.